The molecule has 0 heterocycles. The zero-order chi connectivity index (χ0) is 20.7. The summed E-state index contributed by atoms with van der Waals surface area (Å²) in [4.78, 5) is 45.7. The summed E-state index contributed by atoms with van der Waals surface area (Å²) in [5, 5.41) is 24.3. The number of hydrogen-bond acceptors (Lipinski definition) is 5. The number of rotatable bonds is 7. The molecule has 28 heavy (non-hydrogen) atoms. The Balaban J connectivity index is 2.36. The molecule has 0 aromatic heterocycles. The zero-order valence-electron chi connectivity index (χ0n) is 14.2. The van der Waals surface area contributed by atoms with Gasteiger partial charge in [-0.25, -0.2) is 0 Å². The molecule has 0 atom stereocenters. The van der Waals surface area contributed by atoms with Gasteiger partial charge in [-0.2, -0.15) is 0 Å². The van der Waals surface area contributed by atoms with Crippen molar-refractivity contribution in [2.75, 3.05) is 6.54 Å². The maximum Gasteiger partial charge on any atom is 0.322 e. The number of non-ortho nitro benzene ring substituents is 1. The van der Waals surface area contributed by atoms with Crippen LogP contribution in [-0.2, 0) is 9.59 Å². The first-order valence-corrected chi connectivity index (χ1v) is 8.17. The Bertz CT molecular complexity index is 973. The highest BCUT2D eigenvalue weighted by atomic mass is 35.5. The maximum atomic E-state index is 12.4. The summed E-state index contributed by atoms with van der Waals surface area (Å²) in [6.45, 7) is -0.674. The van der Waals surface area contributed by atoms with Crippen LogP contribution in [0.2, 0.25) is 5.02 Å². The first kappa shape index (κ1) is 20.6. The Morgan fingerprint density at radius 2 is 1.86 bits per heavy atom. The second-order valence-corrected chi connectivity index (χ2v) is 5.83. The maximum absolute atomic E-state index is 12.4. The van der Waals surface area contributed by atoms with Gasteiger partial charge in [0, 0.05) is 12.1 Å². The highest BCUT2D eigenvalue weighted by Crippen LogP contribution is 2.17. The molecule has 0 aliphatic rings. The molecule has 0 radical (unpaired) electrons. The van der Waals surface area contributed by atoms with Crippen molar-refractivity contribution in [1.82, 2.24) is 10.6 Å². The van der Waals surface area contributed by atoms with Gasteiger partial charge in [-0.3, -0.25) is 24.5 Å². The second kappa shape index (κ2) is 9.28. The average molecular weight is 404 g/mol. The fourth-order valence-corrected chi connectivity index (χ4v) is 2.36. The van der Waals surface area contributed by atoms with Crippen LogP contribution in [0.3, 0.4) is 0 Å². The molecule has 0 bridgehead atoms. The molecule has 0 saturated carbocycles. The number of nitrogens with one attached hydrogen (secondary N) is 2. The van der Waals surface area contributed by atoms with Crippen LogP contribution < -0.4 is 10.6 Å². The minimum absolute atomic E-state index is 0.0974. The largest absolute Gasteiger partial charge is 0.480 e. The second-order valence-electron chi connectivity index (χ2n) is 5.42. The summed E-state index contributed by atoms with van der Waals surface area (Å²) in [6.07, 6.45) is 1.19. The topological polar surface area (TPSA) is 139 Å². The van der Waals surface area contributed by atoms with E-state index in [1.807, 2.05) is 0 Å². The highest BCUT2D eigenvalue weighted by Gasteiger charge is 2.17. The number of carbonyl (C=O) groups excluding carboxylic acids is 2. The summed E-state index contributed by atoms with van der Waals surface area (Å²) in [5.41, 5.74) is -0.155. The third-order valence-electron chi connectivity index (χ3n) is 3.40. The molecule has 0 aliphatic heterocycles. The standard InChI is InChI=1S/C18H14ClN3O6/c19-14-7-2-1-6-13(14)17(25)21-15(18(26)20-10-16(23)24)9-11-4-3-5-12(8-11)22(27)28/h1-9H,10H2,(H,20,26)(H,21,25)(H,23,24)/b15-9+. The summed E-state index contributed by atoms with van der Waals surface area (Å²) < 4.78 is 0. The van der Waals surface area contributed by atoms with Gasteiger partial charge in [-0.1, -0.05) is 35.9 Å². The predicted octanol–water partition coefficient (Wildman–Crippen LogP) is 2.22. The van der Waals surface area contributed by atoms with E-state index in [1.54, 1.807) is 12.1 Å². The smallest absolute Gasteiger partial charge is 0.322 e. The molecule has 2 amide bonds. The fraction of sp³-hybridized carbons (Fsp3) is 0.0556. The minimum Gasteiger partial charge on any atom is -0.480 e. The van der Waals surface area contributed by atoms with Crippen LogP contribution in [0.1, 0.15) is 15.9 Å². The third kappa shape index (κ3) is 5.64. The lowest BCUT2D eigenvalue weighted by atomic mass is 10.1. The van der Waals surface area contributed by atoms with Crippen LogP contribution in [0.5, 0.6) is 0 Å². The number of amides is 2. The van der Waals surface area contributed by atoms with Crippen LogP contribution >= 0.6 is 11.6 Å². The summed E-state index contributed by atoms with van der Waals surface area (Å²) in [5.74, 6) is -2.86. The van der Waals surface area contributed by atoms with Gasteiger partial charge in [-0.05, 0) is 23.8 Å². The third-order valence-corrected chi connectivity index (χ3v) is 3.73. The molecule has 2 aromatic carbocycles. The molecule has 0 saturated heterocycles. The lowest BCUT2D eigenvalue weighted by Gasteiger charge is -2.11. The van der Waals surface area contributed by atoms with E-state index < -0.39 is 29.3 Å². The Morgan fingerprint density at radius 1 is 1.14 bits per heavy atom. The molecule has 0 spiro atoms. The van der Waals surface area contributed by atoms with Crippen LogP contribution in [0, 0.1) is 10.1 Å². The Morgan fingerprint density at radius 3 is 2.50 bits per heavy atom. The van der Waals surface area contributed by atoms with Gasteiger partial charge < -0.3 is 15.7 Å². The molecular weight excluding hydrogens is 390 g/mol. The number of nitro groups is 1. The van der Waals surface area contributed by atoms with E-state index in [9.17, 15) is 24.5 Å². The van der Waals surface area contributed by atoms with Gasteiger partial charge >= 0.3 is 5.97 Å². The zero-order valence-corrected chi connectivity index (χ0v) is 15.0. The number of nitrogens with zero attached hydrogens (tertiary/aromatic N) is 1. The van der Waals surface area contributed by atoms with Crippen molar-refractivity contribution < 1.29 is 24.4 Å². The predicted molar refractivity (Wildman–Crippen MR) is 101 cm³/mol. The van der Waals surface area contributed by atoms with Gasteiger partial charge in [0.05, 0.1) is 15.5 Å². The molecule has 9 nitrogen and oxygen atoms in total. The molecule has 0 unspecified atom stereocenters. The van der Waals surface area contributed by atoms with Crippen molar-refractivity contribution in [1.29, 1.82) is 0 Å². The number of hydrogen-bond donors (Lipinski definition) is 3. The number of nitro benzene ring substituents is 1. The number of carboxylic acid groups (broad SMARTS) is 1. The quantitative estimate of drug-likeness (QED) is 0.368. The van der Waals surface area contributed by atoms with E-state index in [0.717, 1.165) is 0 Å². The van der Waals surface area contributed by atoms with Crippen molar-refractivity contribution in [3.8, 4) is 0 Å². The Labute approximate surface area is 163 Å². The van der Waals surface area contributed by atoms with E-state index >= 15 is 0 Å². The SMILES string of the molecule is O=C(O)CNC(=O)/C(=C\c1cccc([N+](=O)[O-])c1)NC(=O)c1ccccc1Cl. The van der Waals surface area contributed by atoms with Crippen molar-refractivity contribution in [3.63, 3.8) is 0 Å². The number of halogens is 1. The van der Waals surface area contributed by atoms with Crippen molar-refractivity contribution in [2.24, 2.45) is 0 Å². The van der Waals surface area contributed by atoms with Gasteiger partial charge in [0.2, 0.25) is 0 Å². The van der Waals surface area contributed by atoms with E-state index in [2.05, 4.69) is 10.6 Å². The molecule has 144 valence electrons. The van der Waals surface area contributed by atoms with E-state index in [4.69, 9.17) is 16.7 Å². The minimum atomic E-state index is -1.28. The van der Waals surface area contributed by atoms with E-state index in [-0.39, 0.29) is 27.5 Å². The van der Waals surface area contributed by atoms with Crippen molar-refractivity contribution in [3.05, 3.63) is 80.5 Å². The Hall–Kier alpha value is -3.72. The summed E-state index contributed by atoms with van der Waals surface area (Å²) in [6, 6.07) is 11.5. The van der Waals surface area contributed by atoms with Crippen LogP contribution in [0.15, 0.2) is 54.2 Å². The molecule has 2 aromatic rings. The monoisotopic (exact) mass is 403 g/mol. The van der Waals surface area contributed by atoms with Gasteiger partial charge in [0.25, 0.3) is 17.5 Å². The first-order valence-electron chi connectivity index (χ1n) is 7.80. The van der Waals surface area contributed by atoms with E-state index in [0.29, 0.717) is 0 Å². The molecule has 2 rings (SSSR count). The number of aliphatic carboxylic acids is 1. The van der Waals surface area contributed by atoms with Crippen LogP contribution in [0.4, 0.5) is 5.69 Å². The average Bonchev–Trinajstić information content (AvgIpc) is 2.66. The van der Waals surface area contributed by atoms with Crippen LogP contribution in [-0.4, -0.2) is 34.4 Å². The number of carboxylic acids is 1. The van der Waals surface area contributed by atoms with Crippen LogP contribution in [0.25, 0.3) is 6.08 Å². The first-order chi connectivity index (χ1) is 13.3. The summed E-state index contributed by atoms with van der Waals surface area (Å²) in [7, 11) is 0. The van der Waals surface area contributed by atoms with Crippen molar-refractivity contribution in [2.45, 2.75) is 0 Å². The van der Waals surface area contributed by atoms with E-state index in [1.165, 1.54) is 42.5 Å². The van der Waals surface area contributed by atoms with Crippen molar-refractivity contribution >= 4 is 41.1 Å². The molecule has 0 fully saturated rings. The molecule has 3 N–H and O–H groups in total. The fourth-order valence-electron chi connectivity index (χ4n) is 2.14. The molecule has 10 heteroatoms. The summed E-state index contributed by atoms with van der Waals surface area (Å²) >= 11 is 5.97. The Kier molecular flexibility index (Phi) is 6.83. The lowest BCUT2D eigenvalue weighted by molar-refractivity contribution is -0.384. The van der Waals surface area contributed by atoms with Gasteiger partial charge in [0.15, 0.2) is 0 Å². The van der Waals surface area contributed by atoms with Gasteiger partial charge in [0.1, 0.15) is 12.2 Å². The molecular formula is C18H14ClN3O6. The number of benzene rings is 2. The number of carbonyl (C=O) groups is 3. The van der Waals surface area contributed by atoms with Gasteiger partial charge in [-0.15, -0.1) is 0 Å². The molecule has 0 aliphatic carbocycles. The highest BCUT2D eigenvalue weighted by molar-refractivity contribution is 6.34. The lowest BCUT2D eigenvalue weighted by Crippen LogP contribution is -2.37. The normalized spacial score (nSPS) is 10.8.